The van der Waals surface area contributed by atoms with Gasteiger partial charge in [0.05, 0.1) is 10.0 Å². The molecule has 0 aliphatic rings. The molecule has 0 saturated heterocycles. The number of carboxylic acid groups (broad SMARTS) is 1. The van der Waals surface area contributed by atoms with Gasteiger partial charge in [-0.3, -0.25) is 0 Å². The van der Waals surface area contributed by atoms with Gasteiger partial charge < -0.3 is 9.84 Å². The number of hydrogen-bond donors (Lipinski definition) is 1. The van der Waals surface area contributed by atoms with Crippen LogP contribution in [-0.4, -0.2) is 17.7 Å². The maximum atomic E-state index is 10.8. The van der Waals surface area contributed by atoms with Gasteiger partial charge in [0.1, 0.15) is 12.4 Å². The Kier molecular flexibility index (Phi) is 4.83. The molecule has 86 valence electrons. The second-order valence-electron chi connectivity index (χ2n) is 3.19. The molecular weight excluding hydrogens is 295 g/mol. The van der Waals surface area contributed by atoms with Gasteiger partial charge in [0.2, 0.25) is 0 Å². The van der Waals surface area contributed by atoms with Gasteiger partial charge in [0.25, 0.3) is 0 Å². The van der Waals surface area contributed by atoms with Crippen LogP contribution in [0.5, 0.6) is 5.75 Å². The molecule has 0 radical (unpaired) electrons. The summed E-state index contributed by atoms with van der Waals surface area (Å²) < 4.78 is 6.13. The minimum Gasteiger partial charge on any atom is -0.488 e. The summed E-state index contributed by atoms with van der Waals surface area (Å²) in [7, 11) is 0. The van der Waals surface area contributed by atoms with E-state index in [-0.39, 0.29) is 5.56 Å². The van der Waals surface area contributed by atoms with E-state index in [1.165, 1.54) is 17.7 Å². The Balaban J connectivity index is 2.86. The van der Waals surface area contributed by atoms with Gasteiger partial charge in [-0.05, 0) is 46.6 Å². The third-order valence-corrected chi connectivity index (χ3v) is 2.85. The second kappa shape index (κ2) is 5.92. The van der Waals surface area contributed by atoms with Crippen molar-refractivity contribution in [3.8, 4) is 5.75 Å². The van der Waals surface area contributed by atoms with E-state index in [2.05, 4.69) is 15.9 Å². The van der Waals surface area contributed by atoms with Gasteiger partial charge in [0.15, 0.2) is 0 Å². The van der Waals surface area contributed by atoms with Crippen LogP contribution in [-0.2, 0) is 0 Å². The molecule has 0 heterocycles. The molecule has 1 N–H and O–H groups in total. The smallest absolute Gasteiger partial charge is 0.335 e. The van der Waals surface area contributed by atoms with Gasteiger partial charge in [-0.2, -0.15) is 0 Å². The van der Waals surface area contributed by atoms with Crippen molar-refractivity contribution in [1.29, 1.82) is 0 Å². The highest BCUT2D eigenvalue weighted by atomic mass is 79.9. The van der Waals surface area contributed by atoms with Crippen LogP contribution in [0.3, 0.4) is 0 Å². The third kappa shape index (κ3) is 3.54. The quantitative estimate of drug-likeness (QED) is 0.923. The number of rotatable bonds is 4. The molecule has 1 aromatic carbocycles. The van der Waals surface area contributed by atoms with Crippen molar-refractivity contribution in [1.82, 2.24) is 0 Å². The van der Waals surface area contributed by atoms with Crippen molar-refractivity contribution >= 4 is 33.5 Å². The maximum absolute atomic E-state index is 10.8. The summed E-state index contributed by atoms with van der Waals surface area (Å²) >= 11 is 8.77. The van der Waals surface area contributed by atoms with E-state index in [1.54, 1.807) is 6.07 Å². The molecule has 0 bridgehead atoms. The van der Waals surface area contributed by atoms with Crippen LogP contribution in [0.25, 0.3) is 0 Å². The number of benzene rings is 1. The van der Waals surface area contributed by atoms with Crippen molar-refractivity contribution in [3.05, 3.63) is 39.3 Å². The Morgan fingerprint density at radius 1 is 1.62 bits per heavy atom. The Morgan fingerprint density at radius 3 is 2.88 bits per heavy atom. The fourth-order valence-electron chi connectivity index (χ4n) is 0.970. The van der Waals surface area contributed by atoms with E-state index in [4.69, 9.17) is 21.4 Å². The number of halogens is 2. The molecule has 0 spiro atoms. The largest absolute Gasteiger partial charge is 0.488 e. The van der Waals surface area contributed by atoms with Crippen LogP contribution in [0.15, 0.2) is 33.8 Å². The molecular formula is C11H10BrClO3. The SMILES string of the molecule is C/C(=C/Cl)COc1cc(C(=O)O)ccc1Br. The van der Waals surface area contributed by atoms with Crippen molar-refractivity contribution in [2.24, 2.45) is 0 Å². The van der Waals surface area contributed by atoms with Crippen molar-refractivity contribution in [2.75, 3.05) is 6.61 Å². The standard InChI is InChI=1S/C11H10BrClO3/c1-7(5-13)6-16-10-4-8(11(14)15)2-3-9(10)12/h2-5H,6H2,1H3,(H,14,15)/b7-5-. The van der Waals surface area contributed by atoms with Crippen LogP contribution < -0.4 is 4.74 Å². The Labute approximate surface area is 107 Å². The zero-order chi connectivity index (χ0) is 12.1. The molecule has 0 unspecified atom stereocenters. The summed E-state index contributed by atoms with van der Waals surface area (Å²) in [6.07, 6.45) is 0. The lowest BCUT2D eigenvalue weighted by molar-refractivity contribution is 0.0696. The Hall–Kier alpha value is -1.00. The van der Waals surface area contributed by atoms with Gasteiger partial charge >= 0.3 is 5.97 Å². The number of carboxylic acids is 1. The van der Waals surface area contributed by atoms with E-state index < -0.39 is 5.97 Å². The first-order valence-electron chi connectivity index (χ1n) is 4.46. The lowest BCUT2D eigenvalue weighted by Gasteiger charge is -2.08. The molecule has 0 atom stereocenters. The molecule has 0 aromatic heterocycles. The number of ether oxygens (including phenoxy) is 1. The molecule has 1 rings (SSSR count). The number of carbonyl (C=O) groups is 1. The Morgan fingerprint density at radius 2 is 2.31 bits per heavy atom. The molecule has 0 amide bonds. The van der Waals surface area contributed by atoms with Gasteiger partial charge in [0, 0.05) is 5.54 Å². The normalized spacial score (nSPS) is 11.3. The van der Waals surface area contributed by atoms with E-state index >= 15 is 0 Å². The highest BCUT2D eigenvalue weighted by Crippen LogP contribution is 2.26. The van der Waals surface area contributed by atoms with Crippen LogP contribution in [0.1, 0.15) is 17.3 Å². The van der Waals surface area contributed by atoms with Gasteiger partial charge in [-0.15, -0.1) is 0 Å². The summed E-state index contributed by atoms with van der Waals surface area (Å²) in [5.74, 6) is -0.500. The van der Waals surface area contributed by atoms with Crippen LogP contribution in [0.2, 0.25) is 0 Å². The van der Waals surface area contributed by atoms with Crippen LogP contribution >= 0.6 is 27.5 Å². The first-order valence-corrected chi connectivity index (χ1v) is 5.69. The van der Waals surface area contributed by atoms with Gasteiger partial charge in [-0.25, -0.2) is 4.79 Å². The molecule has 16 heavy (non-hydrogen) atoms. The molecule has 0 saturated carbocycles. The summed E-state index contributed by atoms with van der Waals surface area (Å²) in [5.41, 5.74) is 2.47. The Bertz CT molecular complexity index is 429. The number of aromatic carboxylic acids is 1. The predicted molar refractivity (Wildman–Crippen MR) is 66.2 cm³/mol. The van der Waals surface area contributed by atoms with E-state index in [9.17, 15) is 4.79 Å². The minimum atomic E-state index is -0.984. The second-order valence-corrected chi connectivity index (χ2v) is 4.27. The zero-order valence-corrected chi connectivity index (χ0v) is 10.9. The summed E-state index contributed by atoms with van der Waals surface area (Å²) in [6, 6.07) is 4.61. The molecule has 0 fully saturated rings. The summed E-state index contributed by atoms with van der Waals surface area (Å²) in [5, 5.41) is 8.82. The van der Waals surface area contributed by atoms with Crippen LogP contribution in [0.4, 0.5) is 0 Å². The van der Waals surface area contributed by atoms with Crippen molar-refractivity contribution in [3.63, 3.8) is 0 Å². The highest BCUT2D eigenvalue weighted by molar-refractivity contribution is 9.10. The van der Waals surface area contributed by atoms with E-state index in [0.29, 0.717) is 16.8 Å². The topological polar surface area (TPSA) is 46.5 Å². The average molecular weight is 306 g/mol. The van der Waals surface area contributed by atoms with E-state index in [1.807, 2.05) is 6.92 Å². The monoisotopic (exact) mass is 304 g/mol. The fourth-order valence-corrected chi connectivity index (χ4v) is 1.39. The van der Waals surface area contributed by atoms with Crippen LogP contribution in [0, 0.1) is 0 Å². The molecule has 0 aliphatic heterocycles. The zero-order valence-electron chi connectivity index (χ0n) is 8.54. The third-order valence-electron chi connectivity index (χ3n) is 1.82. The highest BCUT2D eigenvalue weighted by Gasteiger charge is 2.07. The van der Waals surface area contributed by atoms with E-state index in [0.717, 1.165) is 5.57 Å². The van der Waals surface area contributed by atoms with Crippen molar-refractivity contribution < 1.29 is 14.6 Å². The molecule has 1 aromatic rings. The van der Waals surface area contributed by atoms with Gasteiger partial charge in [-0.1, -0.05) is 11.6 Å². The maximum Gasteiger partial charge on any atom is 0.335 e. The van der Waals surface area contributed by atoms with Crippen molar-refractivity contribution in [2.45, 2.75) is 6.92 Å². The molecule has 0 aliphatic carbocycles. The fraction of sp³-hybridized carbons (Fsp3) is 0.182. The molecule has 3 nitrogen and oxygen atoms in total. The molecule has 5 heteroatoms. The average Bonchev–Trinajstić information content (AvgIpc) is 2.27. The summed E-state index contributed by atoms with van der Waals surface area (Å²) in [6.45, 7) is 2.15. The summed E-state index contributed by atoms with van der Waals surface area (Å²) in [4.78, 5) is 10.8. The first-order chi connectivity index (χ1) is 7.54. The minimum absolute atomic E-state index is 0.186. The lowest BCUT2D eigenvalue weighted by Crippen LogP contribution is -2.01. The number of hydrogen-bond acceptors (Lipinski definition) is 2. The lowest BCUT2D eigenvalue weighted by atomic mass is 10.2. The predicted octanol–water partition coefficient (Wildman–Crippen LogP) is 3.67. The first kappa shape index (κ1) is 13.1.